The second kappa shape index (κ2) is 6.62. The fourth-order valence-corrected chi connectivity index (χ4v) is 2.66. The molecule has 2 aromatic rings. The van der Waals surface area contributed by atoms with Gasteiger partial charge in [-0.2, -0.15) is 0 Å². The Balaban J connectivity index is 1.92. The van der Waals surface area contributed by atoms with E-state index in [0.717, 1.165) is 23.4 Å². The van der Waals surface area contributed by atoms with Gasteiger partial charge < -0.3 is 0 Å². The van der Waals surface area contributed by atoms with Crippen molar-refractivity contribution in [2.24, 2.45) is 5.92 Å². The maximum Gasteiger partial charge on any atom is 0.163 e. The van der Waals surface area contributed by atoms with Crippen molar-refractivity contribution >= 4 is 17.1 Å². The van der Waals surface area contributed by atoms with E-state index < -0.39 is 0 Å². The van der Waals surface area contributed by atoms with Crippen LogP contribution in [-0.4, -0.2) is 10.8 Å². The molecule has 0 saturated carbocycles. The fraction of sp³-hybridized carbons (Fsp3) is 0.375. The van der Waals surface area contributed by atoms with E-state index in [-0.39, 0.29) is 5.78 Å². The summed E-state index contributed by atoms with van der Waals surface area (Å²) in [5.74, 6) is 0.845. The first-order valence-corrected chi connectivity index (χ1v) is 7.53. The van der Waals surface area contributed by atoms with E-state index in [1.807, 2.05) is 17.5 Å². The zero-order valence-corrected chi connectivity index (χ0v) is 12.2. The number of thiazole rings is 1. The maximum absolute atomic E-state index is 12.1. The summed E-state index contributed by atoms with van der Waals surface area (Å²) >= 11 is 1.61. The molecule has 0 unspecified atom stereocenters. The Morgan fingerprint density at radius 3 is 2.58 bits per heavy atom. The van der Waals surface area contributed by atoms with Gasteiger partial charge in [0.2, 0.25) is 0 Å². The normalized spacial score (nSPS) is 10.9. The second-order valence-electron chi connectivity index (χ2n) is 5.14. The van der Waals surface area contributed by atoms with Gasteiger partial charge in [0.15, 0.2) is 5.78 Å². The van der Waals surface area contributed by atoms with E-state index in [4.69, 9.17) is 0 Å². The lowest BCUT2D eigenvalue weighted by Gasteiger charge is -2.06. The third kappa shape index (κ3) is 4.28. The van der Waals surface area contributed by atoms with Crippen LogP contribution >= 0.6 is 11.3 Å². The zero-order valence-electron chi connectivity index (χ0n) is 11.4. The van der Waals surface area contributed by atoms with Crippen LogP contribution in [0, 0.1) is 5.92 Å². The predicted octanol–water partition coefficient (Wildman–Crippen LogP) is 4.16. The van der Waals surface area contributed by atoms with Gasteiger partial charge in [0, 0.05) is 30.0 Å². The van der Waals surface area contributed by atoms with Crippen molar-refractivity contribution in [3.63, 3.8) is 0 Å². The van der Waals surface area contributed by atoms with E-state index >= 15 is 0 Å². The van der Waals surface area contributed by atoms with Gasteiger partial charge in [0.1, 0.15) is 0 Å². The van der Waals surface area contributed by atoms with E-state index in [9.17, 15) is 4.79 Å². The first kappa shape index (κ1) is 13.9. The molecule has 0 atom stereocenters. The number of hydrogen-bond acceptors (Lipinski definition) is 3. The molecule has 0 aliphatic heterocycles. The van der Waals surface area contributed by atoms with Crippen molar-refractivity contribution in [1.82, 2.24) is 4.98 Å². The van der Waals surface area contributed by atoms with Gasteiger partial charge in [0.05, 0.1) is 5.01 Å². The number of Topliss-reactive ketones (excluding diaryl/α,β-unsaturated/α-hetero) is 1. The number of rotatable bonds is 6. The molecule has 1 aromatic heterocycles. The molecule has 0 spiro atoms. The van der Waals surface area contributed by atoms with Crippen LogP contribution in [0.25, 0.3) is 0 Å². The van der Waals surface area contributed by atoms with Gasteiger partial charge in [-0.15, -0.1) is 11.3 Å². The minimum atomic E-state index is 0.200. The number of carbonyl (C=O) groups is 1. The van der Waals surface area contributed by atoms with Crippen LogP contribution in [-0.2, 0) is 12.8 Å². The third-order valence-electron chi connectivity index (χ3n) is 2.97. The standard InChI is InChI=1S/C16H19NOS/c1-12(2)11-13-3-5-14(6-4-13)15(18)7-8-16-17-9-10-19-16/h3-6,9-10,12H,7-8,11H2,1-2H3. The summed E-state index contributed by atoms with van der Waals surface area (Å²) in [7, 11) is 0. The summed E-state index contributed by atoms with van der Waals surface area (Å²) in [6.45, 7) is 4.40. The number of ketones is 1. The summed E-state index contributed by atoms with van der Waals surface area (Å²) in [6.07, 6.45) is 4.13. The first-order valence-electron chi connectivity index (χ1n) is 6.65. The minimum absolute atomic E-state index is 0.200. The van der Waals surface area contributed by atoms with Crippen LogP contribution in [0.5, 0.6) is 0 Å². The lowest BCUT2D eigenvalue weighted by molar-refractivity contribution is 0.0983. The van der Waals surface area contributed by atoms with Gasteiger partial charge in [0.25, 0.3) is 0 Å². The van der Waals surface area contributed by atoms with Crippen LogP contribution < -0.4 is 0 Å². The number of aryl methyl sites for hydroxylation is 1. The molecule has 0 radical (unpaired) electrons. The Morgan fingerprint density at radius 2 is 2.00 bits per heavy atom. The summed E-state index contributed by atoms with van der Waals surface area (Å²) < 4.78 is 0. The molecule has 2 nitrogen and oxygen atoms in total. The molecular formula is C16H19NOS. The largest absolute Gasteiger partial charge is 0.294 e. The molecule has 1 heterocycles. The highest BCUT2D eigenvalue weighted by Gasteiger charge is 2.07. The Morgan fingerprint density at radius 1 is 1.26 bits per heavy atom. The van der Waals surface area contributed by atoms with Crippen LogP contribution in [0.4, 0.5) is 0 Å². The number of aromatic nitrogens is 1. The third-order valence-corrected chi connectivity index (χ3v) is 3.81. The van der Waals surface area contributed by atoms with E-state index in [1.54, 1.807) is 17.5 Å². The molecule has 0 aliphatic rings. The Hall–Kier alpha value is -1.48. The van der Waals surface area contributed by atoms with Crippen molar-refractivity contribution < 1.29 is 4.79 Å². The van der Waals surface area contributed by atoms with Crippen molar-refractivity contribution in [3.05, 3.63) is 52.0 Å². The smallest absolute Gasteiger partial charge is 0.163 e. The highest BCUT2D eigenvalue weighted by atomic mass is 32.1. The average Bonchev–Trinajstić information content (AvgIpc) is 2.89. The zero-order chi connectivity index (χ0) is 13.7. The SMILES string of the molecule is CC(C)Cc1ccc(C(=O)CCc2nccs2)cc1. The number of benzene rings is 1. The molecule has 0 N–H and O–H groups in total. The molecule has 0 fully saturated rings. The number of hydrogen-bond donors (Lipinski definition) is 0. The summed E-state index contributed by atoms with van der Waals surface area (Å²) in [5.41, 5.74) is 2.11. The lowest BCUT2D eigenvalue weighted by Crippen LogP contribution is -2.02. The van der Waals surface area contributed by atoms with Crippen molar-refractivity contribution in [3.8, 4) is 0 Å². The average molecular weight is 273 g/mol. The molecule has 0 aliphatic carbocycles. The fourth-order valence-electron chi connectivity index (χ4n) is 2.04. The van der Waals surface area contributed by atoms with Crippen LogP contribution in [0.2, 0.25) is 0 Å². The van der Waals surface area contributed by atoms with Crippen molar-refractivity contribution in [1.29, 1.82) is 0 Å². The van der Waals surface area contributed by atoms with Crippen molar-refractivity contribution in [2.75, 3.05) is 0 Å². The minimum Gasteiger partial charge on any atom is -0.294 e. The topological polar surface area (TPSA) is 30.0 Å². The van der Waals surface area contributed by atoms with Gasteiger partial charge in [-0.1, -0.05) is 38.1 Å². The number of carbonyl (C=O) groups excluding carboxylic acids is 1. The van der Waals surface area contributed by atoms with Crippen molar-refractivity contribution in [2.45, 2.75) is 33.1 Å². The van der Waals surface area contributed by atoms with E-state index in [0.29, 0.717) is 12.3 Å². The Kier molecular flexibility index (Phi) is 4.86. The molecule has 0 saturated heterocycles. The van der Waals surface area contributed by atoms with Gasteiger partial charge in [-0.05, 0) is 17.9 Å². The highest BCUT2D eigenvalue weighted by Crippen LogP contribution is 2.13. The molecule has 2 rings (SSSR count). The molecule has 0 bridgehead atoms. The second-order valence-corrected chi connectivity index (χ2v) is 6.12. The summed E-state index contributed by atoms with van der Waals surface area (Å²) in [4.78, 5) is 16.2. The monoisotopic (exact) mass is 273 g/mol. The maximum atomic E-state index is 12.1. The van der Waals surface area contributed by atoms with Gasteiger partial charge in [-0.3, -0.25) is 4.79 Å². The summed E-state index contributed by atoms with van der Waals surface area (Å²) in [6, 6.07) is 8.02. The number of nitrogens with zero attached hydrogens (tertiary/aromatic N) is 1. The van der Waals surface area contributed by atoms with E-state index in [2.05, 4.69) is 31.0 Å². The molecule has 3 heteroatoms. The quantitative estimate of drug-likeness (QED) is 0.740. The van der Waals surface area contributed by atoms with Crippen LogP contribution in [0.15, 0.2) is 35.8 Å². The van der Waals surface area contributed by atoms with E-state index in [1.165, 1.54) is 5.56 Å². The molecule has 100 valence electrons. The van der Waals surface area contributed by atoms with Gasteiger partial charge in [-0.25, -0.2) is 4.98 Å². The molecular weight excluding hydrogens is 254 g/mol. The summed E-state index contributed by atoms with van der Waals surface area (Å²) in [5, 5.41) is 2.98. The lowest BCUT2D eigenvalue weighted by atomic mass is 9.99. The highest BCUT2D eigenvalue weighted by molar-refractivity contribution is 7.09. The molecule has 19 heavy (non-hydrogen) atoms. The Labute approximate surface area is 118 Å². The Bertz CT molecular complexity index is 514. The molecule has 0 amide bonds. The predicted molar refractivity (Wildman–Crippen MR) is 79.7 cm³/mol. The first-order chi connectivity index (χ1) is 9.15. The van der Waals surface area contributed by atoms with Crippen LogP contribution in [0.1, 0.15) is 41.2 Å². The van der Waals surface area contributed by atoms with Gasteiger partial charge >= 0.3 is 0 Å². The molecule has 1 aromatic carbocycles. The van der Waals surface area contributed by atoms with Crippen LogP contribution in [0.3, 0.4) is 0 Å².